The molecular formula is C24H23BrN4O2S2. The summed E-state index contributed by atoms with van der Waals surface area (Å²) < 4.78 is 3.26. The second-order valence-corrected chi connectivity index (χ2v) is 11.4. The van der Waals surface area contributed by atoms with Gasteiger partial charge in [0.25, 0.3) is 11.8 Å². The number of halogens is 1. The van der Waals surface area contributed by atoms with Gasteiger partial charge in [-0.1, -0.05) is 0 Å². The fraction of sp³-hybridized carbons (Fsp3) is 0.292. The largest absolute Gasteiger partial charge is 0.355 e. The first-order valence-electron chi connectivity index (χ1n) is 10.9. The number of amides is 2. The molecule has 2 amide bonds. The summed E-state index contributed by atoms with van der Waals surface area (Å²) in [6.45, 7) is 0. The molecule has 4 aromatic rings. The molecule has 9 heteroatoms. The second-order valence-electron chi connectivity index (χ2n) is 8.19. The van der Waals surface area contributed by atoms with Crippen molar-refractivity contribution in [3.8, 4) is 11.4 Å². The van der Waals surface area contributed by atoms with Crippen LogP contribution >= 0.6 is 38.6 Å². The van der Waals surface area contributed by atoms with Crippen molar-refractivity contribution in [2.75, 3.05) is 7.05 Å². The molecule has 6 nitrogen and oxygen atoms in total. The highest BCUT2D eigenvalue weighted by atomic mass is 79.9. The molecule has 1 fully saturated rings. The number of benzene rings is 1. The number of fused-ring (bicyclic) bond motifs is 1. The van der Waals surface area contributed by atoms with E-state index in [1.54, 1.807) is 18.4 Å². The Morgan fingerprint density at radius 3 is 2.76 bits per heavy atom. The van der Waals surface area contributed by atoms with Crippen LogP contribution in [0.2, 0.25) is 0 Å². The summed E-state index contributed by atoms with van der Waals surface area (Å²) in [5.74, 6) is 0.781. The van der Waals surface area contributed by atoms with Gasteiger partial charge in [0.1, 0.15) is 5.82 Å². The van der Waals surface area contributed by atoms with Gasteiger partial charge in [-0.05, 0) is 83.4 Å². The van der Waals surface area contributed by atoms with Crippen molar-refractivity contribution in [1.82, 2.24) is 20.2 Å². The summed E-state index contributed by atoms with van der Waals surface area (Å²) in [6, 6.07) is 11.9. The molecule has 170 valence electrons. The number of rotatable bonds is 5. The maximum atomic E-state index is 12.7. The van der Waals surface area contributed by atoms with Crippen LogP contribution < -0.4 is 10.6 Å². The highest BCUT2D eigenvalue weighted by molar-refractivity contribution is 9.11. The van der Waals surface area contributed by atoms with Gasteiger partial charge in [-0.2, -0.15) is 11.3 Å². The minimum atomic E-state index is -0.121. The van der Waals surface area contributed by atoms with E-state index >= 15 is 0 Å². The lowest BCUT2D eigenvalue weighted by molar-refractivity contribution is 0.0923. The summed E-state index contributed by atoms with van der Waals surface area (Å²) in [6.07, 6.45) is 3.87. The van der Waals surface area contributed by atoms with Crippen LogP contribution in [0, 0.1) is 0 Å². The third-order valence-electron chi connectivity index (χ3n) is 6.10. The van der Waals surface area contributed by atoms with Gasteiger partial charge in [0, 0.05) is 35.6 Å². The minimum Gasteiger partial charge on any atom is -0.355 e. The van der Waals surface area contributed by atoms with Gasteiger partial charge in [0.2, 0.25) is 0 Å². The van der Waals surface area contributed by atoms with Crippen molar-refractivity contribution in [3.05, 3.63) is 61.4 Å². The molecule has 0 radical (unpaired) electrons. The van der Waals surface area contributed by atoms with E-state index in [-0.39, 0.29) is 23.9 Å². The third-order valence-corrected chi connectivity index (χ3v) is 8.41. The Bertz CT molecular complexity index is 1310. The summed E-state index contributed by atoms with van der Waals surface area (Å²) in [5.41, 5.74) is 3.50. The van der Waals surface area contributed by atoms with Crippen molar-refractivity contribution in [2.24, 2.45) is 0 Å². The SMILES string of the molecule is CNC(=O)c1ccc2c(c1)nc(-c1ccsc1)n2C1CCCC(NC(=O)c2ccc(Br)s2)C1. The Kier molecular flexibility index (Phi) is 6.36. The first kappa shape index (κ1) is 22.3. The van der Waals surface area contributed by atoms with E-state index < -0.39 is 0 Å². The van der Waals surface area contributed by atoms with Gasteiger partial charge >= 0.3 is 0 Å². The van der Waals surface area contributed by atoms with Crippen molar-refractivity contribution >= 4 is 61.5 Å². The molecular weight excluding hydrogens is 520 g/mol. The maximum absolute atomic E-state index is 12.7. The third kappa shape index (κ3) is 4.49. The van der Waals surface area contributed by atoms with Crippen LogP contribution in [0.1, 0.15) is 51.8 Å². The maximum Gasteiger partial charge on any atom is 0.261 e. The van der Waals surface area contributed by atoms with Crippen LogP contribution in [-0.4, -0.2) is 34.5 Å². The molecule has 2 atom stereocenters. The number of hydrogen-bond acceptors (Lipinski definition) is 5. The van der Waals surface area contributed by atoms with E-state index in [4.69, 9.17) is 4.98 Å². The quantitative estimate of drug-likeness (QED) is 0.331. The van der Waals surface area contributed by atoms with E-state index in [9.17, 15) is 9.59 Å². The lowest BCUT2D eigenvalue weighted by Gasteiger charge is -2.32. The molecule has 5 rings (SSSR count). The smallest absolute Gasteiger partial charge is 0.261 e. The molecule has 2 N–H and O–H groups in total. The van der Waals surface area contributed by atoms with Crippen LogP contribution in [0.3, 0.4) is 0 Å². The summed E-state index contributed by atoms with van der Waals surface area (Å²) >= 11 is 6.53. The zero-order chi connectivity index (χ0) is 22.9. The number of aromatic nitrogens is 2. The van der Waals surface area contributed by atoms with Crippen molar-refractivity contribution in [3.63, 3.8) is 0 Å². The van der Waals surface area contributed by atoms with Crippen LogP contribution in [0.25, 0.3) is 22.4 Å². The molecule has 0 spiro atoms. The molecule has 0 aliphatic heterocycles. The number of carbonyl (C=O) groups is 2. The molecule has 1 aromatic carbocycles. The van der Waals surface area contributed by atoms with E-state index in [0.29, 0.717) is 5.56 Å². The normalized spacial score (nSPS) is 18.4. The van der Waals surface area contributed by atoms with Crippen LogP contribution in [0.5, 0.6) is 0 Å². The van der Waals surface area contributed by atoms with Gasteiger partial charge < -0.3 is 15.2 Å². The topological polar surface area (TPSA) is 76.0 Å². The zero-order valence-electron chi connectivity index (χ0n) is 18.0. The van der Waals surface area contributed by atoms with E-state index in [2.05, 4.69) is 48.0 Å². The average molecular weight is 544 g/mol. The Labute approximate surface area is 208 Å². The highest BCUT2D eigenvalue weighted by Crippen LogP contribution is 2.37. The highest BCUT2D eigenvalue weighted by Gasteiger charge is 2.28. The van der Waals surface area contributed by atoms with Gasteiger partial charge in [0.15, 0.2) is 0 Å². The van der Waals surface area contributed by atoms with E-state index in [1.165, 1.54) is 11.3 Å². The van der Waals surface area contributed by atoms with Gasteiger partial charge in [0.05, 0.1) is 19.7 Å². The molecule has 1 saturated carbocycles. The predicted octanol–water partition coefficient (Wildman–Crippen LogP) is 5.86. The standard InChI is InChI=1S/C24H23BrN4O2S2/c1-26-23(30)14-5-6-19-18(11-14)28-22(15-9-10-32-13-15)29(19)17-4-2-3-16(12-17)27-24(31)20-7-8-21(25)33-20/h5-11,13,16-17H,2-4,12H2,1H3,(H,26,30)(H,27,31). The minimum absolute atomic E-state index is 0.0138. The van der Waals surface area contributed by atoms with Gasteiger partial charge in [-0.15, -0.1) is 11.3 Å². The van der Waals surface area contributed by atoms with E-state index in [1.807, 2.05) is 30.3 Å². The summed E-state index contributed by atoms with van der Waals surface area (Å²) in [7, 11) is 1.63. The number of hydrogen-bond donors (Lipinski definition) is 2. The molecule has 1 aliphatic carbocycles. The molecule has 1 aliphatic rings. The number of thiophene rings is 2. The number of imidazole rings is 1. The van der Waals surface area contributed by atoms with Crippen molar-refractivity contribution in [2.45, 2.75) is 37.8 Å². The summed E-state index contributed by atoms with van der Waals surface area (Å²) in [4.78, 5) is 30.6. The molecule has 3 aromatic heterocycles. The van der Waals surface area contributed by atoms with Crippen molar-refractivity contribution < 1.29 is 9.59 Å². The Balaban J connectivity index is 1.47. The van der Waals surface area contributed by atoms with Gasteiger partial charge in [-0.3, -0.25) is 9.59 Å². The lowest BCUT2D eigenvalue weighted by atomic mass is 9.90. The monoisotopic (exact) mass is 542 g/mol. The van der Waals surface area contributed by atoms with Crippen LogP contribution in [-0.2, 0) is 0 Å². The molecule has 0 saturated heterocycles. The second kappa shape index (κ2) is 9.40. The Hall–Kier alpha value is -2.49. The fourth-order valence-corrected chi connectivity index (χ4v) is 6.50. The number of nitrogens with zero attached hydrogens (tertiary/aromatic N) is 2. The van der Waals surface area contributed by atoms with Crippen molar-refractivity contribution in [1.29, 1.82) is 0 Å². The first-order chi connectivity index (χ1) is 16.0. The first-order valence-corrected chi connectivity index (χ1v) is 13.4. The predicted molar refractivity (Wildman–Crippen MR) is 137 cm³/mol. The van der Waals surface area contributed by atoms with Crippen LogP contribution in [0.15, 0.2) is 50.9 Å². The van der Waals surface area contributed by atoms with E-state index in [0.717, 1.165) is 56.8 Å². The Morgan fingerprint density at radius 1 is 1.15 bits per heavy atom. The summed E-state index contributed by atoms with van der Waals surface area (Å²) in [5, 5.41) is 10.1. The fourth-order valence-electron chi connectivity index (χ4n) is 4.57. The number of nitrogens with one attached hydrogen (secondary N) is 2. The van der Waals surface area contributed by atoms with Gasteiger partial charge in [-0.25, -0.2) is 4.98 Å². The Morgan fingerprint density at radius 2 is 2.03 bits per heavy atom. The average Bonchev–Trinajstić information content (AvgIpc) is 3.57. The zero-order valence-corrected chi connectivity index (χ0v) is 21.2. The lowest BCUT2D eigenvalue weighted by Crippen LogP contribution is -2.38. The molecule has 33 heavy (non-hydrogen) atoms. The molecule has 0 bridgehead atoms. The molecule has 2 unspecified atom stereocenters. The number of carbonyl (C=O) groups excluding carboxylic acids is 2. The van der Waals surface area contributed by atoms with Crippen LogP contribution in [0.4, 0.5) is 0 Å². The molecule has 3 heterocycles.